The lowest BCUT2D eigenvalue weighted by Crippen LogP contribution is -2.50. The summed E-state index contributed by atoms with van der Waals surface area (Å²) in [6, 6.07) is -1.15. The second-order valence-corrected chi connectivity index (χ2v) is 5.04. The zero-order valence-electron chi connectivity index (χ0n) is 11.9. The number of aromatic nitrogens is 2. The van der Waals surface area contributed by atoms with Crippen LogP contribution in [0.1, 0.15) is 18.5 Å². The SMILES string of the molecule is COCCN(C(=O)NC(Cc1cnc[nH]1)C(=O)O)C1CC1. The van der Waals surface area contributed by atoms with Gasteiger partial charge >= 0.3 is 12.0 Å². The van der Waals surface area contributed by atoms with E-state index >= 15 is 0 Å². The third-order valence-electron chi connectivity index (χ3n) is 3.36. The summed E-state index contributed by atoms with van der Waals surface area (Å²) in [6.07, 6.45) is 5.10. The van der Waals surface area contributed by atoms with Crippen LogP contribution in [0.3, 0.4) is 0 Å². The molecule has 1 unspecified atom stereocenters. The van der Waals surface area contributed by atoms with Gasteiger partial charge in [0.15, 0.2) is 0 Å². The first kappa shape index (κ1) is 15.3. The molecule has 1 aromatic rings. The van der Waals surface area contributed by atoms with Gasteiger partial charge in [0.05, 0.1) is 12.9 Å². The molecule has 0 bridgehead atoms. The van der Waals surface area contributed by atoms with E-state index in [1.807, 2.05) is 0 Å². The van der Waals surface area contributed by atoms with Crippen molar-refractivity contribution in [3.05, 3.63) is 18.2 Å². The smallest absolute Gasteiger partial charge is 0.326 e. The Balaban J connectivity index is 1.94. The first-order chi connectivity index (χ1) is 10.1. The maximum atomic E-state index is 12.2. The number of aliphatic carboxylic acids is 1. The average molecular weight is 296 g/mol. The molecular weight excluding hydrogens is 276 g/mol. The van der Waals surface area contributed by atoms with E-state index in [4.69, 9.17) is 4.74 Å². The molecule has 0 aliphatic heterocycles. The van der Waals surface area contributed by atoms with Crippen molar-refractivity contribution >= 4 is 12.0 Å². The molecular formula is C13H20N4O4. The van der Waals surface area contributed by atoms with Gasteiger partial charge in [-0.15, -0.1) is 0 Å². The second kappa shape index (κ2) is 7.07. The maximum Gasteiger partial charge on any atom is 0.326 e. The Morgan fingerprint density at radius 3 is 2.90 bits per heavy atom. The summed E-state index contributed by atoms with van der Waals surface area (Å²) < 4.78 is 4.99. The fourth-order valence-electron chi connectivity index (χ4n) is 2.07. The molecule has 21 heavy (non-hydrogen) atoms. The summed E-state index contributed by atoms with van der Waals surface area (Å²) in [5.41, 5.74) is 0.664. The van der Waals surface area contributed by atoms with Gasteiger partial charge in [-0.25, -0.2) is 14.6 Å². The number of carboxylic acids is 1. The molecule has 1 aromatic heterocycles. The zero-order chi connectivity index (χ0) is 15.2. The van der Waals surface area contributed by atoms with Gasteiger partial charge in [0.2, 0.25) is 0 Å². The molecule has 0 spiro atoms. The minimum atomic E-state index is -1.07. The number of amides is 2. The van der Waals surface area contributed by atoms with E-state index in [0.717, 1.165) is 12.8 Å². The Kier molecular flexibility index (Phi) is 5.15. The molecule has 116 valence electrons. The summed E-state index contributed by atoms with van der Waals surface area (Å²) in [4.78, 5) is 31.9. The number of aromatic amines is 1. The Labute approximate surface area is 122 Å². The molecule has 0 aromatic carbocycles. The highest BCUT2D eigenvalue weighted by molar-refractivity contribution is 5.83. The topological polar surface area (TPSA) is 108 Å². The van der Waals surface area contributed by atoms with Gasteiger partial charge in [0.1, 0.15) is 6.04 Å². The lowest BCUT2D eigenvalue weighted by molar-refractivity contribution is -0.139. The fraction of sp³-hybridized carbons (Fsp3) is 0.615. The minimum absolute atomic E-state index is 0.170. The molecule has 1 fully saturated rings. The molecule has 2 rings (SSSR count). The molecule has 0 radical (unpaired) electrons. The van der Waals surface area contributed by atoms with Crippen LogP contribution in [0.15, 0.2) is 12.5 Å². The summed E-state index contributed by atoms with van der Waals surface area (Å²) in [5.74, 6) is -1.07. The van der Waals surface area contributed by atoms with Crippen molar-refractivity contribution in [2.45, 2.75) is 31.3 Å². The van der Waals surface area contributed by atoms with E-state index < -0.39 is 12.0 Å². The van der Waals surface area contributed by atoms with E-state index in [-0.39, 0.29) is 18.5 Å². The number of carboxylic acid groups (broad SMARTS) is 1. The van der Waals surface area contributed by atoms with Gasteiger partial charge in [-0.05, 0) is 12.8 Å². The lowest BCUT2D eigenvalue weighted by Gasteiger charge is -2.24. The summed E-state index contributed by atoms with van der Waals surface area (Å²) in [6.45, 7) is 0.894. The number of carbonyl (C=O) groups is 2. The molecule has 1 atom stereocenters. The van der Waals surface area contributed by atoms with Crippen LogP contribution in [0.25, 0.3) is 0 Å². The van der Waals surface area contributed by atoms with Crippen molar-refractivity contribution in [2.24, 2.45) is 0 Å². The Morgan fingerprint density at radius 2 is 2.38 bits per heavy atom. The number of hydrogen-bond acceptors (Lipinski definition) is 4. The largest absolute Gasteiger partial charge is 0.480 e. The Bertz CT molecular complexity index is 473. The summed E-state index contributed by atoms with van der Waals surface area (Å²) >= 11 is 0. The van der Waals surface area contributed by atoms with Crippen molar-refractivity contribution in [3.8, 4) is 0 Å². The third kappa shape index (κ3) is 4.45. The van der Waals surface area contributed by atoms with Crippen LogP contribution in [-0.2, 0) is 16.0 Å². The van der Waals surface area contributed by atoms with Crippen LogP contribution in [0, 0.1) is 0 Å². The lowest BCUT2D eigenvalue weighted by atomic mass is 10.1. The predicted molar refractivity (Wildman–Crippen MR) is 73.9 cm³/mol. The number of imidazole rings is 1. The van der Waals surface area contributed by atoms with Crippen LogP contribution in [0.5, 0.6) is 0 Å². The number of nitrogens with zero attached hydrogens (tertiary/aromatic N) is 2. The molecule has 8 nitrogen and oxygen atoms in total. The first-order valence-corrected chi connectivity index (χ1v) is 6.88. The van der Waals surface area contributed by atoms with Crippen LogP contribution in [0.2, 0.25) is 0 Å². The number of ether oxygens (including phenoxy) is 1. The van der Waals surface area contributed by atoms with Gasteiger partial charge in [-0.2, -0.15) is 0 Å². The van der Waals surface area contributed by atoms with Crippen molar-refractivity contribution in [3.63, 3.8) is 0 Å². The highest BCUT2D eigenvalue weighted by Crippen LogP contribution is 2.26. The normalized spacial score (nSPS) is 15.5. The molecule has 2 amide bonds. The number of H-pyrrole nitrogens is 1. The maximum absolute atomic E-state index is 12.2. The van der Waals surface area contributed by atoms with E-state index in [9.17, 15) is 14.7 Å². The average Bonchev–Trinajstić information content (AvgIpc) is 3.15. The number of rotatable bonds is 8. The van der Waals surface area contributed by atoms with Gasteiger partial charge in [-0.3, -0.25) is 0 Å². The monoisotopic (exact) mass is 296 g/mol. The van der Waals surface area contributed by atoms with Crippen molar-refractivity contribution in [1.82, 2.24) is 20.2 Å². The van der Waals surface area contributed by atoms with Crippen LogP contribution < -0.4 is 5.32 Å². The van der Waals surface area contributed by atoms with Crippen molar-refractivity contribution in [1.29, 1.82) is 0 Å². The highest BCUT2D eigenvalue weighted by atomic mass is 16.5. The molecule has 1 aliphatic carbocycles. The number of urea groups is 1. The quantitative estimate of drug-likeness (QED) is 0.636. The molecule has 1 heterocycles. The van der Waals surface area contributed by atoms with Gasteiger partial charge in [-0.1, -0.05) is 0 Å². The summed E-state index contributed by atoms with van der Waals surface area (Å²) in [5, 5.41) is 11.8. The van der Waals surface area contributed by atoms with Crippen LogP contribution >= 0.6 is 0 Å². The summed E-state index contributed by atoms with van der Waals surface area (Å²) in [7, 11) is 1.57. The minimum Gasteiger partial charge on any atom is -0.480 e. The Morgan fingerprint density at radius 1 is 1.62 bits per heavy atom. The van der Waals surface area contributed by atoms with Crippen LogP contribution in [0.4, 0.5) is 4.79 Å². The molecule has 3 N–H and O–H groups in total. The number of carbonyl (C=O) groups excluding carboxylic acids is 1. The predicted octanol–water partition coefficient (Wildman–Crippen LogP) is 0.226. The molecule has 0 saturated heterocycles. The number of methoxy groups -OCH3 is 1. The molecule has 8 heteroatoms. The van der Waals surface area contributed by atoms with Gasteiger partial charge < -0.3 is 25.0 Å². The third-order valence-corrected chi connectivity index (χ3v) is 3.36. The first-order valence-electron chi connectivity index (χ1n) is 6.88. The zero-order valence-corrected chi connectivity index (χ0v) is 11.9. The highest BCUT2D eigenvalue weighted by Gasteiger charge is 2.34. The van der Waals surface area contributed by atoms with E-state index in [0.29, 0.717) is 18.8 Å². The van der Waals surface area contributed by atoms with E-state index in [2.05, 4.69) is 15.3 Å². The van der Waals surface area contributed by atoms with E-state index in [1.165, 1.54) is 6.33 Å². The van der Waals surface area contributed by atoms with Gasteiger partial charge in [0.25, 0.3) is 0 Å². The van der Waals surface area contributed by atoms with Crippen LogP contribution in [-0.4, -0.2) is 64.3 Å². The van der Waals surface area contributed by atoms with Crippen molar-refractivity contribution < 1.29 is 19.4 Å². The van der Waals surface area contributed by atoms with Crippen molar-refractivity contribution in [2.75, 3.05) is 20.3 Å². The molecule has 1 aliphatic rings. The number of nitrogens with one attached hydrogen (secondary N) is 2. The molecule has 1 saturated carbocycles. The second-order valence-electron chi connectivity index (χ2n) is 5.04. The van der Waals surface area contributed by atoms with Gasteiger partial charge in [0, 0.05) is 38.0 Å². The standard InChI is InChI=1S/C13H20N4O4/c1-21-5-4-17(10-2-3-10)13(20)16-11(12(18)19)6-9-7-14-8-15-9/h7-8,10-11H,2-6H2,1H3,(H,14,15)(H,16,20)(H,18,19). The fourth-order valence-corrected chi connectivity index (χ4v) is 2.07. The number of hydrogen-bond donors (Lipinski definition) is 3. The van der Waals surface area contributed by atoms with E-state index in [1.54, 1.807) is 18.2 Å². The Hall–Kier alpha value is -2.09.